The summed E-state index contributed by atoms with van der Waals surface area (Å²) in [5, 5.41) is 11.0. The maximum Gasteiger partial charge on any atom is 0.270 e. The molecule has 0 N–H and O–H groups in total. The Bertz CT molecular complexity index is 807. The number of ketones is 1. The largest absolute Gasteiger partial charge is 0.496 e. The molecule has 0 aliphatic rings. The van der Waals surface area contributed by atoms with Gasteiger partial charge >= 0.3 is 0 Å². The van der Waals surface area contributed by atoms with Gasteiger partial charge in [0.2, 0.25) is 0 Å². The number of carbonyl (C=O) groups is 1. The Labute approximate surface area is 156 Å². The molecule has 2 rings (SSSR count). The van der Waals surface area contributed by atoms with Crippen LogP contribution in [0.25, 0.3) is 0 Å². The number of rotatable bonds is 9. The standard InChI is InChI=1S/C19H21NO5S/c1-4-25-19-7-5-14(13(2)21)9-15(19)11-26-12-16-10-17(20(22)23)6-8-18(16)24-3/h5-10H,4,11-12H2,1-3H3. The van der Waals surface area contributed by atoms with E-state index in [2.05, 4.69) is 0 Å². The highest BCUT2D eigenvalue weighted by Crippen LogP contribution is 2.31. The molecule has 0 spiro atoms. The van der Waals surface area contributed by atoms with Gasteiger partial charge in [-0.2, -0.15) is 11.8 Å². The first-order valence-electron chi connectivity index (χ1n) is 8.12. The zero-order valence-corrected chi connectivity index (χ0v) is 15.8. The number of hydrogen-bond donors (Lipinski definition) is 0. The van der Waals surface area contributed by atoms with Gasteiger partial charge in [-0.3, -0.25) is 14.9 Å². The molecule has 2 aromatic carbocycles. The molecule has 0 aliphatic heterocycles. The van der Waals surface area contributed by atoms with E-state index >= 15 is 0 Å². The molecule has 6 nitrogen and oxygen atoms in total. The first-order valence-corrected chi connectivity index (χ1v) is 9.27. The topological polar surface area (TPSA) is 78.7 Å². The first kappa shape index (κ1) is 19.8. The minimum absolute atomic E-state index is 0.000322. The Morgan fingerprint density at radius 1 is 1.12 bits per heavy atom. The normalized spacial score (nSPS) is 10.4. The van der Waals surface area contributed by atoms with Crippen LogP contribution in [0.5, 0.6) is 11.5 Å². The van der Waals surface area contributed by atoms with Gasteiger partial charge in [-0.15, -0.1) is 0 Å². The van der Waals surface area contributed by atoms with Crippen molar-refractivity contribution in [3.8, 4) is 11.5 Å². The molecular formula is C19H21NO5S. The lowest BCUT2D eigenvalue weighted by Crippen LogP contribution is -2.00. The second-order valence-corrected chi connectivity index (χ2v) is 6.54. The molecule has 138 valence electrons. The number of carbonyl (C=O) groups excluding carboxylic acids is 1. The van der Waals surface area contributed by atoms with Crippen molar-refractivity contribution in [1.82, 2.24) is 0 Å². The fourth-order valence-corrected chi connectivity index (χ4v) is 3.46. The zero-order valence-electron chi connectivity index (χ0n) is 15.0. The van der Waals surface area contributed by atoms with Gasteiger partial charge in [0, 0.05) is 40.3 Å². The van der Waals surface area contributed by atoms with E-state index in [1.165, 1.54) is 19.1 Å². The van der Waals surface area contributed by atoms with Crippen molar-refractivity contribution < 1.29 is 19.2 Å². The number of nitro groups is 1. The summed E-state index contributed by atoms with van der Waals surface area (Å²) < 4.78 is 10.9. The Morgan fingerprint density at radius 3 is 2.35 bits per heavy atom. The summed E-state index contributed by atoms with van der Waals surface area (Å²) in [6.07, 6.45) is 0. The lowest BCUT2D eigenvalue weighted by atomic mass is 10.1. The Balaban J connectivity index is 2.16. The van der Waals surface area contributed by atoms with Crippen molar-refractivity contribution in [2.45, 2.75) is 25.4 Å². The predicted octanol–water partition coefficient (Wildman–Crippen LogP) is 4.64. The number of Topliss-reactive ketones (excluding diaryl/α,β-unsaturated/α-hetero) is 1. The minimum atomic E-state index is -0.420. The lowest BCUT2D eigenvalue weighted by molar-refractivity contribution is -0.384. The molecule has 0 amide bonds. The van der Waals surface area contributed by atoms with Gasteiger partial charge in [0.25, 0.3) is 5.69 Å². The molecule has 0 fully saturated rings. The second-order valence-electron chi connectivity index (χ2n) is 5.56. The van der Waals surface area contributed by atoms with Crippen LogP contribution in [-0.4, -0.2) is 24.4 Å². The number of nitro benzene ring substituents is 1. The highest BCUT2D eigenvalue weighted by molar-refractivity contribution is 7.97. The second kappa shape index (κ2) is 9.24. The Morgan fingerprint density at radius 2 is 1.77 bits per heavy atom. The van der Waals surface area contributed by atoms with Crippen LogP contribution in [0.3, 0.4) is 0 Å². The SMILES string of the molecule is CCOc1ccc(C(C)=O)cc1CSCc1cc([N+](=O)[O-])ccc1OC. The summed E-state index contributed by atoms with van der Waals surface area (Å²) in [6.45, 7) is 3.97. The van der Waals surface area contributed by atoms with E-state index in [4.69, 9.17) is 9.47 Å². The van der Waals surface area contributed by atoms with E-state index in [-0.39, 0.29) is 11.5 Å². The highest BCUT2D eigenvalue weighted by Gasteiger charge is 2.13. The summed E-state index contributed by atoms with van der Waals surface area (Å²) in [5.41, 5.74) is 2.35. The third kappa shape index (κ3) is 4.98. The first-order chi connectivity index (χ1) is 12.5. The molecule has 7 heteroatoms. The van der Waals surface area contributed by atoms with Gasteiger partial charge in [0.1, 0.15) is 11.5 Å². The summed E-state index contributed by atoms with van der Waals surface area (Å²) in [7, 11) is 1.54. The van der Waals surface area contributed by atoms with Crippen LogP contribution in [0.1, 0.15) is 35.3 Å². The highest BCUT2D eigenvalue weighted by atomic mass is 32.2. The molecule has 0 aromatic heterocycles. The average molecular weight is 375 g/mol. The van der Waals surface area contributed by atoms with Crippen molar-refractivity contribution in [3.05, 3.63) is 63.2 Å². The zero-order chi connectivity index (χ0) is 19.1. The van der Waals surface area contributed by atoms with Crippen LogP contribution >= 0.6 is 11.8 Å². The van der Waals surface area contributed by atoms with E-state index in [1.807, 2.05) is 19.1 Å². The van der Waals surface area contributed by atoms with Crippen LogP contribution in [0, 0.1) is 10.1 Å². The van der Waals surface area contributed by atoms with Gasteiger partial charge in [-0.05, 0) is 38.1 Å². The molecule has 0 unspecified atom stereocenters. The summed E-state index contributed by atoms with van der Waals surface area (Å²) in [5.74, 6) is 2.52. The van der Waals surface area contributed by atoms with Crippen molar-refractivity contribution in [3.63, 3.8) is 0 Å². The summed E-state index contributed by atoms with van der Waals surface area (Å²) in [6, 6.07) is 9.97. The fraction of sp³-hybridized carbons (Fsp3) is 0.316. The van der Waals surface area contributed by atoms with E-state index < -0.39 is 4.92 Å². The maximum atomic E-state index is 11.6. The van der Waals surface area contributed by atoms with Gasteiger partial charge in [0.15, 0.2) is 5.78 Å². The van der Waals surface area contributed by atoms with Gasteiger partial charge in [-0.1, -0.05) is 0 Å². The Hall–Kier alpha value is -2.54. The quantitative estimate of drug-likeness (QED) is 0.361. The van der Waals surface area contributed by atoms with Crippen molar-refractivity contribution in [2.24, 2.45) is 0 Å². The van der Waals surface area contributed by atoms with Crippen LogP contribution < -0.4 is 9.47 Å². The van der Waals surface area contributed by atoms with Gasteiger partial charge in [-0.25, -0.2) is 0 Å². The van der Waals surface area contributed by atoms with Crippen molar-refractivity contribution >= 4 is 23.2 Å². The van der Waals surface area contributed by atoms with E-state index in [0.717, 1.165) is 16.9 Å². The number of benzene rings is 2. The maximum absolute atomic E-state index is 11.6. The molecule has 0 aliphatic carbocycles. The monoisotopic (exact) mass is 375 g/mol. The molecule has 0 radical (unpaired) electrons. The van der Waals surface area contributed by atoms with E-state index in [0.29, 0.717) is 29.4 Å². The van der Waals surface area contributed by atoms with Crippen molar-refractivity contribution in [1.29, 1.82) is 0 Å². The number of nitrogens with zero attached hydrogens (tertiary/aromatic N) is 1. The average Bonchev–Trinajstić information content (AvgIpc) is 2.62. The Kier molecular flexibility index (Phi) is 7.03. The number of thioether (sulfide) groups is 1. The number of methoxy groups -OCH3 is 1. The van der Waals surface area contributed by atoms with Crippen LogP contribution in [0.4, 0.5) is 5.69 Å². The van der Waals surface area contributed by atoms with Crippen molar-refractivity contribution in [2.75, 3.05) is 13.7 Å². The van der Waals surface area contributed by atoms with Gasteiger partial charge < -0.3 is 9.47 Å². The van der Waals surface area contributed by atoms with Gasteiger partial charge in [0.05, 0.1) is 18.6 Å². The molecular weight excluding hydrogens is 354 g/mol. The molecule has 0 heterocycles. The summed E-state index contributed by atoms with van der Waals surface area (Å²) in [4.78, 5) is 22.2. The molecule has 0 saturated carbocycles. The smallest absolute Gasteiger partial charge is 0.270 e. The number of non-ortho nitro benzene ring substituents is 1. The fourth-order valence-electron chi connectivity index (χ4n) is 2.47. The number of ether oxygens (including phenoxy) is 2. The third-order valence-electron chi connectivity index (χ3n) is 3.76. The van der Waals surface area contributed by atoms with Crippen LogP contribution in [0.2, 0.25) is 0 Å². The van der Waals surface area contributed by atoms with Crippen LogP contribution in [0.15, 0.2) is 36.4 Å². The molecule has 26 heavy (non-hydrogen) atoms. The van der Waals surface area contributed by atoms with E-state index in [9.17, 15) is 14.9 Å². The lowest BCUT2D eigenvalue weighted by Gasteiger charge is -2.12. The van der Waals surface area contributed by atoms with E-state index in [1.54, 1.807) is 31.0 Å². The minimum Gasteiger partial charge on any atom is -0.496 e. The summed E-state index contributed by atoms with van der Waals surface area (Å²) >= 11 is 1.58. The number of hydrogen-bond acceptors (Lipinski definition) is 6. The predicted molar refractivity (Wildman–Crippen MR) is 102 cm³/mol. The third-order valence-corrected chi connectivity index (χ3v) is 4.79. The van der Waals surface area contributed by atoms with Crippen LogP contribution in [-0.2, 0) is 11.5 Å². The molecule has 0 atom stereocenters. The molecule has 0 saturated heterocycles. The molecule has 0 bridgehead atoms. The molecule has 2 aromatic rings.